The highest BCUT2D eigenvalue weighted by atomic mass is 16.5. The van der Waals surface area contributed by atoms with Crippen LogP contribution in [0.25, 0.3) is 0 Å². The van der Waals surface area contributed by atoms with Crippen LogP contribution >= 0.6 is 0 Å². The monoisotopic (exact) mass is 351 g/mol. The summed E-state index contributed by atoms with van der Waals surface area (Å²) < 4.78 is 10.9. The number of hydrogen-bond acceptors (Lipinski definition) is 5. The number of anilines is 1. The van der Waals surface area contributed by atoms with Crippen molar-refractivity contribution in [2.75, 3.05) is 19.5 Å². The van der Waals surface area contributed by atoms with Crippen LogP contribution in [0.5, 0.6) is 17.2 Å². The fraction of sp³-hybridized carbons (Fsp3) is 0.286. The number of benzene rings is 2. The minimum atomic E-state index is -0.235. The number of phenolic OH excluding ortho intramolecular Hbond substituents is 1. The molecule has 1 atom stereocenters. The third kappa shape index (κ3) is 2.60. The molecule has 2 N–H and O–H groups in total. The molecule has 4 rings (SSSR count). The molecular weight excluding hydrogens is 330 g/mol. The number of carbonyl (C=O) groups excluding carboxylic acids is 1. The highest BCUT2D eigenvalue weighted by Gasteiger charge is 2.36. The summed E-state index contributed by atoms with van der Waals surface area (Å²) in [5, 5.41) is 13.4. The molecule has 0 aromatic heterocycles. The van der Waals surface area contributed by atoms with Gasteiger partial charge in [0.05, 0.1) is 14.2 Å². The number of allylic oxidation sites excluding steroid dienone is 2. The number of rotatable bonds is 3. The van der Waals surface area contributed by atoms with E-state index in [1.165, 1.54) is 0 Å². The molecule has 26 heavy (non-hydrogen) atoms. The number of carbonyl (C=O) groups is 1. The number of ether oxygens (including phenoxy) is 2. The largest absolute Gasteiger partial charge is 0.508 e. The Hall–Kier alpha value is -2.95. The molecule has 0 spiro atoms. The summed E-state index contributed by atoms with van der Waals surface area (Å²) >= 11 is 0. The van der Waals surface area contributed by atoms with Gasteiger partial charge in [0.2, 0.25) is 0 Å². The molecule has 1 aliphatic carbocycles. The van der Waals surface area contributed by atoms with E-state index in [1.54, 1.807) is 32.4 Å². The van der Waals surface area contributed by atoms with Gasteiger partial charge in [0.15, 0.2) is 17.3 Å². The fourth-order valence-corrected chi connectivity index (χ4v) is 3.94. The Balaban J connectivity index is 1.96. The van der Waals surface area contributed by atoms with E-state index in [1.807, 2.05) is 18.2 Å². The minimum absolute atomic E-state index is 0.160. The van der Waals surface area contributed by atoms with Gasteiger partial charge in [-0.2, -0.15) is 0 Å². The van der Waals surface area contributed by atoms with Crippen LogP contribution in [0.2, 0.25) is 0 Å². The molecule has 2 aromatic carbocycles. The summed E-state index contributed by atoms with van der Waals surface area (Å²) in [5.41, 5.74) is 4.50. The maximum atomic E-state index is 12.8. The van der Waals surface area contributed by atoms with Crippen molar-refractivity contribution in [3.8, 4) is 17.2 Å². The van der Waals surface area contributed by atoms with Crippen molar-refractivity contribution in [2.45, 2.75) is 25.2 Å². The van der Waals surface area contributed by atoms with Crippen molar-refractivity contribution in [1.29, 1.82) is 0 Å². The summed E-state index contributed by atoms with van der Waals surface area (Å²) in [6.45, 7) is 0. The second-order valence-corrected chi connectivity index (χ2v) is 6.62. The van der Waals surface area contributed by atoms with Gasteiger partial charge in [-0.15, -0.1) is 0 Å². The lowest BCUT2D eigenvalue weighted by molar-refractivity contribution is -0.116. The van der Waals surface area contributed by atoms with E-state index < -0.39 is 0 Å². The van der Waals surface area contributed by atoms with Crippen LogP contribution in [-0.4, -0.2) is 25.1 Å². The Kier molecular flexibility index (Phi) is 4.07. The number of hydrogen-bond donors (Lipinski definition) is 2. The Bertz CT molecular complexity index is 916. The van der Waals surface area contributed by atoms with Gasteiger partial charge in [-0.3, -0.25) is 4.79 Å². The molecule has 1 aliphatic heterocycles. The minimum Gasteiger partial charge on any atom is -0.508 e. The third-order valence-electron chi connectivity index (χ3n) is 5.10. The molecule has 134 valence electrons. The molecule has 0 bridgehead atoms. The summed E-state index contributed by atoms with van der Waals surface area (Å²) in [6, 6.07) is 10.9. The topological polar surface area (TPSA) is 67.8 Å². The lowest BCUT2D eigenvalue weighted by Gasteiger charge is -2.34. The Morgan fingerprint density at radius 1 is 1.08 bits per heavy atom. The van der Waals surface area contributed by atoms with Crippen molar-refractivity contribution in [3.63, 3.8) is 0 Å². The summed E-state index contributed by atoms with van der Waals surface area (Å²) in [7, 11) is 3.20. The second-order valence-electron chi connectivity index (χ2n) is 6.62. The molecule has 0 radical (unpaired) electrons. The fourth-order valence-electron chi connectivity index (χ4n) is 3.94. The van der Waals surface area contributed by atoms with E-state index in [-0.39, 0.29) is 17.5 Å². The predicted molar refractivity (Wildman–Crippen MR) is 99.0 cm³/mol. The van der Waals surface area contributed by atoms with Crippen molar-refractivity contribution in [1.82, 2.24) is 0 Å². The third-order valence-corrected chi connectivity index (χ3v) is 5.10. The lowest BCUT2D eigenvalue weighted by Crippen LogP contribution is -2.27. The smallest absolute Gasteiger partial charge is 0.162 e. The molecule has 0 fully saturated rings. The van der Waals surface area contributed by atoms with Crippen molar-refractivity contribution in [3.05, 3.63) is 58.8 Å². The average Bonchev–Trinajstić information content (AvgIpc) is 2.65. The van der Waals surface area contributed by atoms with Gasteiger partial charge in [0.25, 0.3) is 0 Å². The van der Waals surface area contributed by atoms with Crippen LogP contribution in [0.4, 0.5) is 5.69 Å². The van der Waals surface area contributed by atoms with Crippen LogP contribution in [0.15, 0.2) is 47.7 Å². The van der Waals surface area contributed by atoms with Gasteiger partial charge < -0.3 is 19.9 Å². The molecule has 5 heteroatoms. The number of aromatic hydroxyl groups is 1. The first kappa shape index (κ1) is 16.5. The molecule has 2 aromatic rings. The Morgan fingerprint density at radius 3 is 2.58 bits per heavy atom. The first-order valence-electron chi connectivity index (χ1n) is 8.70. The van der Waals surface area contributed by atoms with Gasteiger partial charge in [0, 0.05) is 35.4 Å². The second kappa shape index (κ2) is 6.41. The van der Waals surface area contributed by atoms with E-state index in [0.717, 1.165) is 40.9 Å². The first-order chi connectivity index (χ1) is 12.6. The zero-order valence-electron chi connectivity index (χ0n) is 14.8. The molecule has 0 unspecified atom stereocenters. The number of methoxy groups -OCH3 is 2. The number of ketones is 1. The maximum absolute atomic E-state index is 12.8. The van der Waals surface area contributed by atoms with Crippen molar-refractivity contribution in [2.24, 2.45) is 0 Å². The van der Waals surface area contributed by atoms with E-state index >= 15 is 0 Å². The van der Waals surface area contributed by atoms with Gasteiger partial charge in [-0.1, -0.05) is 12.1 Å². The van der Waals surface area contributed by atoms with E-state index in [2.05, 4.69) is 5.32 Å². The highest BCUT2D eigenvalue weighted by molar-refractivity contribution is 6.01. The molecule has 0 amide bonds. The summed E-state index contributed by atoms with van der Waals surface area (Å²) in [6.07, 6.45) is 2.24. The molecule has 0 saturated carbocycles. The first-order valence-corrected chi connectivity index (χ1v) is 8.70. The maximum Gasteiger partial charge on any atom is 0.162 e. The molecular formula is C21H21NO4. The molecule has 5 nitrogen and oxygen atoms in total. The normalized spacial score (nSPS) is 18.7. The zero-order valence-corrected chi connectivity index (χ0v) is 14.8. The number of fused-ring (bicyclic) bond motifs is 1. The predicted octanol–water partition coefficient (Wildman–Crippen LogP) is 3.97. The number of phenols is 1. The van der Waals surface area contributed by atoms with Crippen LogP contribution in [-0.2, 0) is 4.79 Å². The standard InChI is InChI=1S/C21H21NO4/c1-25-18-10-14-16(11-19(18)26-2)22-15-7-4-8-17(24)21(15)20(14)12-5-3-6-13(23)9-12/h3,5-6,9-11,20,22-23H,4,7-8H2,1-2H3/t20-/m1/s1. The van der Waals surface area contributed by atoms with E-state index in [0.29, 0.717) is 17.9 Å². The van der Waals surface area contributed by atoms with Crippen LogP contribution in [0.3, 0.4) is 0 Å². The van der Waals surface area contributed by atoms with Crippen LogP contribution in [0.1, 0.15) is 36.3 Å². The van der Waals surface area contributed by atoms with Gasteiger partial charge in [-0.05, 0) is 42.2 Å². The quantitative estimate of drug-likeness (QED) is 0.876. The molecule has 1 heterocycles. The Morgan fingerprint density at radius 2 is 1.85 bits per heavy atom. The van der Waals surface area contributed by atoms with Crippen LogP contribution in [0, 0.1) is 0 Å². The average molecular weight is 351 g/mol. The highest BCUT2D eigenvalue weighted by Crippen LogP contribution is 2.48. The van der Waals surface area contributed by atoms with Crippen molar-refractivity contribution < 1.29 is 19.4 Å². The SMILES string of the molecule is COc1cc2c(cc1OC)[C@@H](c1cccc(O)c1)C1=C(CCCC1=O)N2. The molecule has 2 aliphatic rings. The molecule has 0 saturated heterocycles. The lowest BCUT2D eigenvalue weighted by atomic mass is 9.75. The van der Waals surface area contributed by atoms with Gasteiger partial charge in [0.1, 0.15) is 5.75 Å². The van der Waals surface area contributed by atoms with Crippen LogP contribution < -0.4 is 14.8 Å². The zero-order chi connectivity index (χ0) is 18.3. The van der Waals surface area contributed by atoms with Gasteiger partial charge in [-0.25, -0.2) is 0 Å². The Labute approximate surface area is 152 Å². The van der Waals surface area contributed by atoms with E-state index in [9.17, 15) is 9.90 Å². The van der Waals surface area contributed by atoms with Crippen molar-refractivity contribution >= 4 is 11.5 Å². The summed E-state index contributed by atoms with van der Waals surface area (Å²) in [5.74, 6) is 1.37. The van der Waals surface area contributed by atoms with E-state index in [4.69, 9.17) is 9.47 Å². The summed E-state index contributed by atoms with van der Waals surface area (Å²) in [4.78, 5) is 12.8. The number of Topliss-reactive ketones (excluding diaryl/α,β-unsaturated/α-hetero) is 1. The number of nitrogens with one attached hydrogen (secondary N) is 1. The van der Waals surface area contributed by atoms with Gasteiger partial charge >= 0.3 is 0 Å².